The lowest BCUT2D eigenvalue weighted by Gasteiger charge is -2.30. The minimum Gasteiger partial charge on any atom is -0.360 e. The van der Waals surface area contributed by atoms with Gasteiger partial charge in [-0.2, -0.15) is 5.26 Å². The SMILES string of the molecule is CCc1nc(C)cc(N2CCOC(C#N)C2)n1. The van der Waals surface area contributed by atoms with Crippen LogP contribution in [-0.4, -0.2) is 35.8 Å². The summed E-state index contributed by atoms with van der Waals surface area (Å²) in [6.45, 7) is 5.93. The number of morpholine rings is 1. The second kappa shape index (κ2) is 5.11. The Morgan fingerprint density at radius 3 is 3.12 bits per heavy atom. The Hall–Kier alpha value is -1.67. The number of hydrogen-bond acceptors (Lipinski definition) is 5. The van der Waals surface area contributed by atoms with Crippen LogP contribution in [0.3, 0.4) is 0 Å². The summed E-state index contributed by atoms with van der Waals surface area (Å²) < 4.78 is 5.32. The Balaban J connectivity index is 2.21. The van der Waals surface area contributed by atoms with Crippen molar-refractivity contribution >= 4 is 5.82 Å². The summed E-state index contributed by atoms with van der Waals surface area (Å²) in [6.07, 6.45) is 0.463. The van der Waals surface area contributed by atoms with Crippen molar-refractivity contribution in [2.24, 2.45) is 0 Å². The van der Waals surface area contributed by atoms with Crippen molar-refractivity contribution < 1.29 is 4.74 Å². The largest absolute Gasteiger partial charge is 0.360 e. The highest BCUT2D eigenvalue weighted by Crippen LogP contribution is 2.16. The van der Waals surface area contributed by atoms with Gasteiger partial charge in [0.25, 0.3) is 0 Å². The van der Waals surface area contributed by atoms with Gasteiger partial charge in [-0.05, 0) is 6.92 Å². The van der Waals surface area contributed by atoms with E-state index in [2.05, 4.69) is 20.9 Å². The molecule has 1 unspecified atom stereocenters. The summed E-state index contributed by atoms with van der Waals surface area (Å²) in [5.41, 5.74) is 0.965. The number of ether oxygens (including phenoxy) is 1. The average Bonchev–Trinajstić information content (AvgIpc) is 2.38. The highest BCUT2D eigenvalue weighted by molar-refractivity contribution is 5.40. The standard InChI is InChI=1S/C12H16N4O/c1-3-11-14-9(2)6-12(15-11)16-4-5-17-10(7-13)8-16/h6,10H,3-5,8H2,1-2H3. The van der Waals surface area contributed by atoms with Crippen LogP contribution in [-0.2, 0) is 11.2 Å². The fraction of sp³-hybridized carbons (Fsp3) is 0.583. The van der Waals surface area contributed by atoms with Gasteiger partial charge in [0, 0.05) is 24.7 Å². The van der Waals surface area contributed by atoms with Crippen LogP contribution in [0.2, 0.25) is 0 Å². The maximum Gasteiger partial charge on any atom is 0.161 e. The molecule has 2 heterocycles. The van der Waals surface area contributed by atoms with Gasteiger partial charge in [-0.3, -0.25) is 0 Å². The molecule has 1 fully saturated rings. The third-order valence-electron chi connectivity index (χ3n) is 2.74. The van der Waals surface area contributed by atoms with E-state index in [0.29, 0.717) is 13.2 Å². The summed E-state index contributed by atoms with van der Waals surface area (Å²) in [5, 5.41) is 8.88. The molecular formula is C12H16N4O. The molecule has 0 saturated carbocycles. The van der Waals surface area contributed by atoms with Gasteiger partial charge in [-0.15, -0.1) is 0 Å². The minimum atomic E-state index is -0.357. The second-order valence-electron chi connectivity index (χ2n) is 4.07. The Morgan fingerprint density at radius 2 is 2.41 bits per heavy atom. The van der Waals surface area contributed by atoms with Gasteiger partial charge in [0.05, 0.1) is 19.2 Å². The molecule has 1 saturated heterocycles. The Morgan fingerprint density at radius 1 is 1.59 bits per heavy atom. The van der Waals surface area contributed by atoms with Crippen LogP contribution >= 0.6 is 0 Å². The van der Waals surface area contributed by atoms with Gasteiger partial charge >= 0.3 is 0 Å². The van der Waals surface area contributed by atoms with Crippen LogP contribution in [0.4, 0.5) is 5.82 Å². The lowest BCUT2D eigenvalue weighted by atomic mass is 10.2. The number of aryl methyl sites for hydroxylation is 2. The zero-order valence-corrected chi connectivity index (χ0v) is 10.2. The van der Waals surface area contributed by atoms with E-state index in [0.717, 1.165) is 30.3 Å². The van der Waals surface area contributed by atoms with Crippen molar-refractivity contribution in [3.63, 3.8) is 0 Å². The van der Waals surface area contributed by atoms with Gasteiger partial charge in [0.2, 0.25) is 0 Å². The molecule has 0 amide bonds. The molecule has 1 atom stereocenters. The molecule has 0 N–H and O–H groups in total. The van der Waals surface area contributed by atoms with E-state index >= 15 is 0 Å². The van der Waals surface area contributed by atoms with Gasteiger partial charge < -0.3 is 9.64 Å². The van der Waals surface area contributed by atoms with E-state index in [1.807, 2.05) is 19.9 Å². The van der Waals surface area contributed by atoms with Crippen LogP contribution in [0.25, 0.3) is 0 Å². The molecule has 0 spiro atoms. The summed E-state index contributed by atoms with van der Waals surface area (Å²) in [5.74, 6) is 1.75. The lowest BCUT2D eigenvalue weighted by Crippen LogP contribution is -2.42. The number of aromatic nitrogens is 2. The average molecular weight is 232 g/mol. The van der Waals surface area contributed by atoms with Crippen molar-refractivity contribution in [3.05, 3.63) is 17.6 Å². The second-order valence-corrected chi connectivity index (χ2v) is 4.07. The first-order valence-electron chi connectivity index (χ1n) is 5.83. The van der Waals surface area contributed by atoms with Gasteiger partial charge in [-0.25, -0.2) is 9.97 Å². The van der Waals surface area contributed by atoms with Gasteiger partial charge in [0.1, 0.15) is 11.6 Å². The van der Waals surface area contributed by atoms with Crippen molar-refractivity contribution in [3.8, 4) is 6.07 Å². The van der Waals surface area contributed by atoms with Gasteiger partial charge in [-0.1, -0.05) is 6.92 Å². The van der Waals surface area contributed by atoms with Crippen molar-refractivity contribution in [1.29, 1.82) is 5.26 Å². The molecule has 1 aliphatic rings. The monoisotopic (exact) mass is 232 g/mol. The molecule has 2 rings (SSSR count). The highest BCUT2D eigenvalue weighted by atomic mass is 16.5. The molecule has 1 aromatic heterocycles. The first-order chi connectivity index (χ1) is 8.22. The molecule has 17 heavy (non-hydrogen) atoms. The zero-order valence-electron chi connectivity index (χ0n) is 10.2. The summed E-state index contributed by atoms with van der Waals surface area (Å²) in [4.78, 5) is 10.9. The third kappa shape index (κ3) is 2.71. The maximum absolute atomic E-state index is 8.88. The van der Waals surface area contributed by atoms with Gasteiger partial charge in [0.15, 0.2) is 6.10 Å². The predicted octanol–water partition coefficient (Wildman–Crippen LogP) is 1.08. The van der Waals surface area contributed by atoms with E-state index in [4.69, 9.17) is 10.00 Å². The summed E-state index contributed by atoms with van der Waals surface area (Å²) >= 11 is 0. The molecule has 0 aromatic carbocycles. The molecule has 0 aliphatic carbocycles. The number of rotatable bonds is 2. The molecular weight excluding hydrogens is 216 g/mol. The fourth-order valence-corrected chi connectivity index (χ4v) is 1.87. The van der Waals surface area contributed by atoms with Crippen LogP contribution < -0.4 is 4.90 Å². The topological polar surface area (TPSA) is 62.0 Å². The molecule has 5 nitrogen and oxygen atoms in total. The molecule has 1 aromatic rings. The van der Waals surface area contributed by atoms with E-state index in [1.165, 1.54) is 0 Å². The fourth-order valence-electron chi connectivity index (χ4n) is 1.87. The Bertz CT molecular complexity index is 441. The first kappa shape index (κ1) is 11.8. The van der Waals surface area contributed by atoms with Crippen molar-refractivity contribution in [2.45, 2.75) is 26.4 Å². The molecule has 1 aliphatic heterocycles. The van der Waals surface area contributed by atoms with Crippen LogP contribution in [0.15, 0.2) is 6.07 Å². The van der Waals surface area contributed by atoms with Crippen LogP contribution in [0.5, 0.6) is 0 Å². The normalized spacial score (nSPS) is 20.1. The smallest absolute Gasteiger partial charge is 0.161 e. The summed E-state index contributed by atoms with van der Waals surface area (Å²) in [6, 6.07) is 4.10. The lowest BCUT2D eigenvalue weighted by molar-refractivity contribution is 0.0761. The first-order valence-corrected chi connectivity index (χ1v) is 5.83. The van der Waals surface area contributed by atoms with E-state index in [1.54, 1.807) is 0 Å². The predicted molar refractivity (Wildman–Crippen MR) is 63.7 cm³/mol. The molecule has 0 bridgehead atoms. The Labute approximate surface area is 101 Å². The molecule has 0 radical (unpaired) electrons. The van der Waals surface area contributed by atoms with Crippen LogP contribution in [0.1, 0.15) is 18.4 Å². The molecule has 90 valence electrons. The highest BCUT2D eigenvalue weighted by Gasteiger charge is 2.21. The third-order valence-corrected chi connectivity index (χ3v) is 2.74. The van der Waals surface area contributed by atoms with E-state index in [9.17, 15) is 0 Å². The maximum atomic E-state index is 8.88. The van der Waals surface area contributed by atoms with Crippen molar-refractivity contribution in [2.75, 3.05) is 24.6 Å². The number of anilines is 1. The zero-order chi connectivity index (χ0) is 12.3. The number of nitriles is 1. The van der Waals surface area contributed by atoms with E-state index in [-0.39, 0.29) is 6.10 Å². The number of hydrogen-bond donors (Lipinski definition) is 0. The van der Waals surface area contributed by atoms with E-state index < -0.39 is 0 Å². The quantitative estimate of drug-likeness (QED) is 0.763. The Kier molecular flexibility index (Phi) is 3.55. The van der Waals surface area contributed by atoms with Crippen molar-refractivity contribution in [1.82, 2.24) is 9.97 Å². The molecule has 5 heteroatoms. The minimum absolute atomic E-state index is 0.357. The summed E-state index contributed by atoms with van der Waals surface area (Å²) in [7, 11) is 0. The number of nitrogens with zero attached hydrogens (tertiary/aromatic N) is 4. The van der Waals surface area contributed by atoms with Crippen LogP contribution in [0, 0.1) is 18.3 Å².